The number of nitrogens with one attached hydrogen (secondary N) is 1. The van der Waals surface area contributed by atoms with Gasteiger partial charge in [-0.05, 0) is 25.1 Å². The summed E-state index contributed by atoms with van der Waals surface area (Å²) in [5.41, 5.74) is 1.84. The molecule has 2 N–H and O–H groups in total. The molecule has 1 amide bonds. The largest absolute Gasteiger partial charge is 0.484 e. The van der Waals surface area contributed by atoms with E-state index < -0.39 is 11.9 Å². The van der Waals surface area contributed by atoms with Crippen molar-refractivity contribution in [2.24, 2.45) is 5.10 Å². The number of ether oxygens (including phenoxy) is 1. The highest BCUT2D eigenvalue weighted by Crippen LogP contribution is 2.16. The van der Waals surface area contributed by atoms with Crippen molar-refractivity contribution in [3.63, 3.8) is 0 Å². The molecule has 18 heavy (non-hydrogen) atoms. The van der Waals surface area contributed by atoms with Gasteiger partial charge < -0.3 is 9.84 Å². The lowest BCUT2D eigenvalue weighted by atomic mass is 10.3. The summed E-state index contributed by atoms with van der Waals surface area (Å²) in [6.07, 6.45) is 0. The van der Waals surface area contributed by atoms with Crippen LogP contribution in [0.5, 0.6) is 5.75 Å². The minimum absolute atomic E-state index is 0.217. The topological polar surface area (TPSA) is 88.0 Å². The van der Waals surface area contributed by atoms with Gasteiger partial charge in [0.2, 0.25) is 0 Å². The molecule has 0 spiro atoms. The number of hydrogen-bond acceptors (Lipinski definition) is 4. The molecule has 1 aromatic rings. The van der Waals surface area contributed by atoms with E-state index in [-0.39, 0.29) is 12.3 Å². The fraction of sp³-hybridized carbons (Fsp3) is 0.182. The second kappa shape index (κ2) is 6.61. The summed E-state index contributed by atoms with van der Waals surface area (Å²) in [5, 5.41) is 12.4. The quantitative estimate of drug-likeness (QED) is 0.623. The molecule has 7 heteroatoms. The molecule has 0 aliphatic rings. The summed E-state index contributed by atoms with van der Waals surface area (Å²) in [4.78, 5) is 21.7. The summed E-state index contributed by atoms with van der Waals surface area (Å²) in [6.45, 7) is 0.983. The van der Waals surface area contributed by atoms with Crippen LogP contribution in [-0.4, -0.2) is 29.3 Å². The molecule has 1 aromatic carbocycles. The van der Waals surface area contributed by atoms with Crippen LogP contribution in [0.1, 0.15) is 6.92 Å². The van der Waals surface area contributed by atoms with Crippen LogP contribution in [-0.2, 0) is 9.59 Å². The molecule has 0 atom stereocenters. The molecule has 6 nitrogen and oxygen atoms in total. The van der Waals surface area contributed by atoms with E-state index in [2.05, 4.69) is 10.5 Å². The second-order valence-electron chi connectivity index (χ2n) is 3.28. The number of rotatable bonds is 5. The number of nitrogens with zero attached hydrogens (tertiary/aromatic N) is 1. The summed E-state index contributed by atoms with van der Waals surface area (Å²) < 4.78 is 5.13. The first-order chi connectivity index (χ1) is 8.49. The molecule has 0 fully saturated rings. The minimum Gasteiger partial charge on any atom is -0.484 e. The van der Waals surface area contributed by atoms with Crippen molar-refractivity contribution in [3.05, 3.63) is 29.3 Å². The van der Waals surface area contributed by atoms with Crippen molar-refractivity contribution in [1.29, 1.82) is 0 Å². The number of amides is 1. The third kappa shape index (κ3) is 4.84. The molecule has 0 heterocycles. The monoisotopic (exact) mass is 270 g/mol. The smallest absolute Gasteiger partial charge is 0.351 e. The predicted molar refractivity (Wildman–Crippen MR) is 65.8 cm³/mol. The molecule has 0 aromatic heterocycles. The zero-order valence-corrected chi connectivity index (χ0v) is 10.3. The molecule has 1 rings (SSSR count). The number of carboxylic acid groups (broad SMARTS) is 1. The summed E-state index contributed by atoms with van der Waals surface area (Å²) in [5.74, 6) is -1.32. The van der Waals surface area contributed by atoms with Crippen LogP contribution in [0.2, 0.25) is 5.02 Å². The molecule has 0 unspecified atom stereocenters. The van der Waals surface area contributed by atoms with Crippen LogP contribution in [0.15, 0.2) is 29.4 Å². The van der Waals surface area contributed by atoms with Crippen LogP contribution in [0, 0.1) is 0 Å². The van der Waals surface area contributed by atoms with Gasteiger partial charge in [0.25, 0.3) is 5.91 Å². The Hall–Kier alpha value is -2.08. The fourth-order valence-electron chi connectivity index (χ4n) is 0.932. The van der Waals surface area contributed by atoms with Crippen LogP contribution in [0.25, 0.3) is 0 Å². The highest BCUT2D eigenvalue weighted by molar-refractivity contribution is 6.34. The maximum atomic E-state index is 11.3. The first-order valence-corrected chi connectivity index (χ1v) is 5.31. The van der Waals surface area contributed by atoms with Crippen molar-refractivity contribution in [3.8, 4) is 5.75 Å². The van der Waals surface area contributed by atoms with Crippen molar-refractivity contribution in [1.82, 2.24) is 5.43 Å². The van der Waals surface area contributed by atoms with Crippen molar-refractivity contribution < 1.29 is 19.4 Å². The normalized spacial score (nSPS) is 10.9. The van der Waals surface area contributed by atoms with Gasteiger partial charge in [-0.3, -0.25) is 4.79 Å². The molecule has 0 radical (unpaired) electrons. The van der Waals surface area contributed by atoms with Crippen LogP contribution < -0.4 is 10.2 Å². The Morgan fingerprint density at radius 1 is 1.50 bits per heavy atom. The van der Waals surface area contributed by atoms with E-state index in [9.17, 15) is 9.59 Å². The van der Waals surface area contributed by atoms with Gasteiger partial charge in [0.05, 0.1) is 0 Å². The number of halogens is 1. The second-order valence-corrected chi connectivity index (χ2v) is 3.72. The van der Waals surface area contributed by atoms with E-state index in [4.69, 9.17) is 21.4 Å². The first-order valence-electron chi connectivity index (χ1n) is 4.94. The Balaban J connectivity index is 2.42. The Morgan fingerprint density at radius 3 is 2.83 bits per heavy atom. The predicted octanol–water partition coefficient (Wildman–Crippen LogP) is 1.30. The SMILES string of the molecule is C/C(=N/NC(=O)COc1cccc(Cl)c1)C(=O)O. The van der Waals surface area contributed by atoms with Crippen LogP contribution >= 0.6 is 11.6 Å². The Morgan fingerprint density at radius 2 is 2.22 bits per heavy atom. The highest BCUT2D eigenvalue weighted by atomic mass is 35.5. The van der Waals surface area contributed by atoms with Gasteiger partial charge in [0, 0.05) is 5.02 Å². The van der Waals surface area contributed by atoms with Crippen molar-refractivity contribution in [2.75, 3.05) is 6.61 Å². The van der Waals surface area contributed by atoms with Gasteiger partial charge in [-0.1, -0.05) is 17.7 Å². The van der Waals surface area contributed by atoms with Gasteiger partial charge >= 0.3 is 5.97 Å². The van der Waals surface area contributed by atoms with Crippen molar-refractivity contribution >= 4 is 29.2 Å². The zero-order valence-electron chi connectivity index (χ0n) is 9.51. The number of hydrogen-bond donors (Lipinski definition) is 2. The fourth-order valence-corrected chi connectivity index (χ4v) is 1.11. The van der Waals surface area contributed by atoms with Gasteiger partial charge in [-0.15, -0.1) is 0 Å². The minimum atomic E-state index is -1.20. The number of hydrazone groups is 1. The van der Waals surface area contributed by atoms with Crippen molar-refractivity contribution in [2.45, 2.75) is 6.92 Å². The first kappa shape index (κ1) is 14.0. The lowest BCUT2D eigenvalue weighted by molar-refractivity contribution is -0.129. The summed E-state index contributed by atoms with van der Waals surface area (Å²) >= 11 is 5.73. The number of carboxylic acids is 1. The van der Waals surface area contributed by atoms with E-state index in [1.807, 2.05) is 0 Å². The Labute approximate surface area is 108 Å². The molecular weight excluding hydrogens is 260 g/mol. The average molecular weight is 271 g/mol. The van der Waals surface area contributed by atoms with E-state index in [0.717, 1.165) is 0 Å². The number of carbonyl (C=O) groups is 2. The lowest BCUT2D eigenvalue weighted by Gasteiger charge is -2.05. The molecular formula is C11H11ClN2O4. The van der Waals surface area contributed by atoms with Gasteiger partial charge in [0.1, 0.15) is 11.5 Å². The molecule has 0 saturated heterocycles. The number of benzene rings is 1. The maximum absolute atomic E-state index is 11.3. The Kier molecular flexibility index (Phi) is 5.13. The van der Waals surface area contributed by atoms with Gasteiger partial charge in [-0.2, -0.15) is 5.10 Å². The van der Waals surface area contributed by atoms with E-state index >= 15 is 0 Å². The third-order valence-electron chi connectivity index (χ3n) is 1.82. The average Bonchev–Trinajstić information content (AvgIpc) is 2.33. The maximum Gasteiger partial charge on any atom is 0.351 e. The van der Waals surface area contributed by atoms with Crippen LogP contribution in [0.3, 0.4) is 0 Å². The number of carbonyl (C=O) groups excluding carboxylic acids is 1. The van der Waals surface area contributed by atoms with Crippen LogP contribution in [0.4, 0.5) is 0 Å². The summed E-state index contributed by atoms with van der Waals surface area (Å²) in [7, 11) is 0. The van der Waals surface area contributed by atoms with Gasteiger partial charge in [0.15, 0.2) is 6.61 Å². The molecule has 0 aliphatic carbocycles. The highest BCUT2D eigenvalue weighted by Gasteiger charge is 2.05. The van der Waals surface area contributed by atoms with E-state index in [1.165, 1.54) is 6.92 Å². The number of aliphatic carboxylic acids is 1. The third-order valence-corrected chi connectivity index (χ3v) is 2.06. The lowest BCUT2D eigenvalue weighted by Crippen LogP contribution is -2.26. The molecule has 0 bridgehead atoms. The summed E-state index contributed by atoms with van der Waals surface area (Å²) in [6, 6.07) is 6.56. The van der Waals surface area contributed by atoms with E-state index in [1.54, 1.807) is 24.3 Å². The Bertz CT molecular complexity index is 488. The standard InChI is InChI=1S/C11H11ClN2O4/c1-7(11(16)17)13-14-10(15)6-18-9-4-2-3-8(12)5-9/h2-5H,6H2,1H3,(H,14,15)(H,16,17)/b13-7-. The van der Waals surface area contributed by atoms with Gasteiger partial charge in [-0.25, -0.2) is 10.2 Å². The molecule has 0 saturated carbocycles. The zero-order chi connectivity index (χ0) is 13.5. The van der Waals surface area contributed by atoms with E-state index in [0.29, 0.717) is 10.8 Å². The molecule has 0 aliphatic heterocycles. The molecule has 96 valence electrons.